The molecular weight excluding hydrogens is 461 g/mol. The molecule has 0 amide bonds. The summed E-state index contributed by atoms with van der Waals surface area (Å²) in [5.74, 6) is 2.81. The van der Waals surface area contributed by atoms with E-state index in [2.05, 4.69) is 39.9 Å². The number of aliphatic imine (C=N–C) groups is 1. The van der Waals surface area contributed by atoms with E-state index in [0.717, 1.165) is 56.6 Å². The van der Waals surface area contributed by atoms with Crippen molar-refractivity contribution in [3.8, 4) is 0 Å². The highest BCUT2D eigenvalue weighted by Gasteiger charge is 2.01. The molecule has 0 aliphatic rings. The van der Waals surface area contributed by atoms with Crippen molar-refractivity contribution in [1.29, 1.82) is 0 Å². The molecule has 0 aliphatic heterocycles. The van der Waals surface area contributed by atoms with Gasteiger partial charge in [-0.05, 0) is 30.7 Å². The quantitative estimate of drug-likeness (QED) is 0.165. The van der Waals surface area contributed by atoms with Gasteiger partial charge in [-0.2, -0.15) is 0 Å². The van der Waals surface area contributed by atoms with E-state index in [1.165, 1.54) is 4.90 Å². The molecule has 7 heteroatoms. The van der Waals surface area contributed by atoms with Crippen LogP contribution in [-0.2, 0) is 11.2 Å². The van der Waals surface area contributed by atoms with Crippen LogP contribution in [0.5, 0.6) is 0 Å². The first-order valence-electron chi connectivity index (χ1n) is 8.60. The zero-order chi connectivity index (χ0) is 17.6. The predicted octanol–water partition coefficient (Wildman–Crippen LogP) is 3.80. The van der Waals surface area contributed by atoms with E-state index in [0.29, 0.717) is 0 Å². The van der Waals surface area contributed by atoms with Gasteiger partial charge in [0.1, 0.15) is 5.76 Å². The molecule has 0 atom stereocenters. The second-order valence-corrected chi connectivity index (χ2v) is 6.59. The third kappa shape index (κ3) is 10.1. The minimum absolute atomic E-state index is 0. The van der Waals surface area contributed by atoms with Crippen LogP contribution in [-0.4, -0.2) is 45.1 Å². The van der Waals surface area contributed by atoms with Crippen LogP contribution in [0.15, 0.2) is 63.0 Å². The van der Waals surface area contributed by atoms with E-state index in [9.17, 15) is 0 Å². The molecule has 0 bridgehead atoms. The Hall–Kier alpha value is -1.19. The van der Waals surface area contributed by atoms with Gasteiger partial charge in [-0.15, -0.1) is 35.7 Å². The van der Waals surface area contributed by atoms with Crippen LogP contribution in [0.3, 0.4) is 0 Å². The van der Waals surface area contributed by atoms with E-state index < -0.39 is 0 Å². The molecule has 144 valence electrons. The van der Waals surface area contributed by atoms with Crippen molar-refractivity contribution in [3.05, 3.63) is 54.5 Å². The smallest absolute Gasteiger partial charge is 0.191 e. The fourth-order valence-corrected chi connectivity index (χ4v) is 2.98. The lowest BCUT2D eigenvalue weighted by Crippen LogP contribution is -2.39. The summed E-state index contributed by atoms with van der Waals surface area (Å²) in [6, 6.07) is 14.3. The van der Waals surface area contributed by atoms with Crippen molar-refractivity contribution in [2.75, 3.05) is 39.1 Å². The normalized spacial score (nSPS) is 11.0. The van der Waals surface area contributed by atoms with Gasteiger partial charge in [-0.3, -0.25) is 4.99 Å². The summed E-state index contributed by atoms with van der Waals surface area (Å²) in [4.78, 5) is 5.88. The second-order valence-electron chi connectivity index (χ2n) is 5.42. The molecule has 0 radical (unpaired) electrons. The highest BCUT2D eigenvalue weighted by atomic mass is 127. The molecule has 2 aromatic rings. The Balaban J connectivity index is 0.00000338. The maximum absolute atomic E-state index is 5.36. The standard InChI is InChI=1S/C19H27N3O2S.HI/c1-23-14-6-11-20-19(21-12-10-17-7-5-15-24-17)22-13-16-25-18-8-3-2-4-9-18;/h2-5,7-9,15H,6,10-14,16H2,1H3,(H2,20,21,22);1H. The van der Waals surface area contributed by atoms with Crippen molar-refractivity contribution in [3.63, 3.8) is 0 Å². The fourth-order valence-electron chi connectivity index (χ4n) is 2.19. The number of thioether (sulfide) groups is 1. The van der Waals surface area contributed by atoms with Crippen LogP contribution < -0.4 is 10.6 Å². The molecule has 2 N–H and O–H groups in total. The Labute approximate surface area is 177 Å². The number of guanidine groups is 1. The minimum atomic E-state index is 0. The van der Waals surface area contributed by atoms with Crippen LogP contribution >= 0.6 is 35.7 Å². The second kappa shape index (κ2) is 14.9. The fraction of sp³-hybridized carbons (Fsp3) is 0.421. The Morgan fingerprint density at radius 2 is 1.92 bits per heavy atom. The molecule has 26 heavy (non-hydrogen) atoms. The van der Waals surface area contributed by atoms with Gasteiger partial charge in [0, 0.05) is 50.4 Å². The summed E-state index contributed by atoms with van der Waals surface area (Å²) < 4.78 is 10.4. The Morgan fingerprint density at radius 3 is 2.65 bits per heavy atom. The van der Waals surface area contributed by atoms with Gasteiger partial charge in [-0.1, -0.05) is 18.2 Å². The zero-order valence-electron chi connectivity index (χ0n) is 15.1. The van der Waals surface area contributed by atoms with Crippen molar-refractivity contribution < 1.29 is 9.15 Å². The van der Waals surface area contributed by atoms with Crippen molar-refractivity contribution in [1.82, 2.24) is 10.6 Å². The first-order valence-corrected chi connectivity index (χ1v) is 9.58. The number of halogens is 1. The van der Waals surface area contributed by atoms with Gasteiger partial charge < -0.3 is 19.8 Å². The number of rotatable bonds is 11. The number of furan rings is 1. The maximum atomic E-state index is 5.36. The topological polar surface area (TPSA) is 58.8 Å². The molecule has 1 aromatic heterocycles. The maximum Gasteiger partial charge on any atom is 0.191 e. The van der Waals surface area contributed by atoms with Crippen molar-refractivity contribution in [2.45, 2.75) is 17.7 Å². The van der Waals surface area contributed by atoms with Crippen LogP contribution in [0.1, 0.15) is 12.2 Å². The van der Waals surface area contributed by atoms with E-state index in [1.54, 1.807) is 13.4 Å². The Bertz CT molecular complexity index is 594. The SMILES string of the molecule is COCCCN=C(NCCSc1ccccc1)NCCc1ccco1.I. The third-order valence-electron chi connectivity index (χ3n) is 3.43. The molecule has 0 fully saturated rings. The first kappa shape index (κ1) is 22.9. The highest BCUT2D eigenvalue weighted by Crippen LogP contribution is 2.15. The minimum Gasteiger partial charge on any atom is -0.469 e. The lowest BCUT2D eigenvalue weighted by atomic mass is 10.3. The van der Waals surface area contributed by atoms with Gasteiger partial charge in [0.25, 0.3) is 0 Å². The summed E-state index contributed by atoms with van der Waals surface area (Å²) in [5, 5.41) is 6.76. The average Bonchev–Trinajstić information content (AvgIpc) is 3.16. The molecule has 1 heterocycles. The lowest BCUT2D eigenvalue weighted by molar-refractivity contribution is 0.197. The summed E-state index contributed by atoms with van der Waals surface area (Å²) in [6.45, 7) is 3.12. The Kier molecular flexibility index (Phi) is 13.1. The number of nitrogens with one attached hydrogen (secondary N) is 2. The number of ether oxygens (including phenoxy) is 1. The molecule has 0 saturated carbocycles. The zero-order valence-corrected chi connectivity index (χ0v) is 18.3. The van der Waals surface area contributed by atoms with E-state index in [-0.39, 0.29) is 24.0 Å². The lowest BCUT2D eigenvalue weighted by Gasteiger charge is -2.12. The van der Waals surface area contributed by atoms with Gasteiger partial charge >= 0.3 is 0 Å². The molecule has 5 nitrogen and oxygen atoms in total. The number of hydrogen-bond acceptors (Lipinski definition) is 4. The van der Waals surface area contributed by atoms with Gasteiger partial charge in [-0.25, -0.2) is 0 Å². The molecular formula is C19H28IN3O2S. The third-order valence-corrected chi connectivity index (χ3v) is 4.44. The van der Waals surface area contributed by atoms with Crippen LogP contribution in [0.4, 0.5) is 0 Å². The number of hydrogen-bond donors (Lipinski definition) is 2. The van der Waals surface area contributed by atoms with Gasteiger partial charge in [0.2, 0.25) is 0 Å². The van der Waals surface area contributed by atoms with Crippen LogP contribution in [0, 0.1) is 0 Å². The monoisotopic (exact) mass is 489 g/mol. The molecule has 1 aromatic carbocycles. The number of methoxy groups -OCH3 is 1. The van der Waals surface area contributed by atoms with Gasteiger partial charge in [0.05, 0.1) is 6.26 Å². The summed E-state index contributed by atoms with van der Waals surface area (Å²) >= 11 is 1.84. The molecule has 0 unspecified atom stereocenters. The van der Waals surface area contributed by atoms with E-state index >= 15 is 0 Å². The van der Waals surface area contributed by atoms with Crippen molar-refractivity contribution in [2.24, 2.45) is 4.99 Å². The Morgan fingerprint density at radius 1 is 1.12 bits per heavy atom. The highest BCUT2D eigenvalue weighted by molar-refractivity contribution is 14.0. The van der Waals surface area contributed by atoms with Gasteiger partial charge in [0.15, 0.2) is 5.96 Å². The average molecular weight is 489 g/mol. The number of benzene rings is 1. The summed E-state index contributed by atoms with van der Waals surface area (Å²) in [6.07, 6.45) is 3.46. The molecule has 0 aliphatic carbocycles. The number of nitrogens with zero attached hydrogens (tertiary/aromatic N) is 1. The largest absolute Gasteiger partial charge is 0.469 e. The predicted molar refractivity (Wildman–Crippen MR) is 120 cm³/mol. The molecule has 0 saturated heterocycles. The summed E-state index contributed by atoms with van der Waals surface area (Å²) in [7, 11) is 1.71. The van der Waals surface area contributed by atoms with E-state index in [4.69, 9.17) is 9.15 Å². The molecule has 2 rings (SSSR count). The van der Waals surface area contributed by atoms with Crippen LogP contribution in [0.25, 0.3) is 0 Å². The first-order chi connectivity index (χ1) is 12.4. The summed E-state index contributed by atoms with van der Waals surface area (Å²) in [5.41, 5.74) is 0. The van der Waals surface area contributed by atoms with Crippen LogP contribution in [0.2, 0.25) is 0 Å². The van der Waals surface area contributed by atoms with E-state index in [1.807, 2.05) is 30.0 Å². The van der Waals surface area contributed by atoms with Crippen molar-refractivity contribution >= 4 is 41.7 Å². The molecule has 0 spiro atoms.